The molecule has 0 saturated carbocycles. The number of aryl methyl sites for hydroxylation is 3. The fourth-order valence-corrected chi connectivity index (χ4v) is 2.07. The van der Waals surface area contributed by atoms with Gasteiger partial charge in [0.05, 0.1) is 11.4 Å². The van der Waals surface area contributed by atoms with E-state index in [1.54, 1.807) is 0 Å². The van der Waals surface area contributed by atoms with Crippen molar-refractivity contribution < 1.29 is 0 Å². The molecule has 0 amide bonds. The molecule has 0 radical (unpaired) electrons. The number of hydrogen-bond donors (Lipinski definition) is 1. The lowest BCUT2D eigenvalue weighted by atomic mass is 10.2. The Balaban J connectivity index is 1.83. The standard InChI is InChI=1S/C14H23N5/c1-4-7-19-8-6-14(17-19)10-15-9-13-11-18(5-2)16-12(13)3/h6,8,11,15H,4-5,7,9-10H2,1-3H3. The quantitative estimate of drug-likeness (QED) is 0.830. The van der Waals surface area contributed by atoms with Gasteiger partial charge in [0.15, 0.2) is 0 Å². The number of aromatic nitrogens is 4. The summed E-state index contributed by atoms with van der Waals surface area (Å²) < 4.78 is 3.97. The van der Waals surface area contributed by atoms with Gasteiger partial charge in [-0.15, -0.1) is 0 Å². The normalized spacial score (nSPS) is 11.1. The molecule has 0 bridgehead atoms. The van der Waals surface area contributed by atoms with Crippen LogP contribution in [-0.4, -0.2) is 19.6 Å². The molecule has 104 valence electrons. The van der Waals surface area contributed by atoms with Gasteiger partial charge in [0, 0.05) is 44.1 Å². The molecule has 0 spiro atoms. The number of nitrogens with one attached hydrogen (secondary N) is 1. The van der Waals surface area contributed by atoms with E-state index in [0.717, 1.165) is 44.0 Å². The SMILES string of the molecule is CCCn1ccc(CNCc2cn(CC)nc2C)n1. The van der Waals surface area contributed by atoms with Gasteiger partial charge < -0.3 is 5.32 Å². The second-order valence-electron chi connectivity index (χ2n) is 4.77. The monoisotopic (exact) mass is 261 g/mol. The minimum atomic E-state index is 0.799. The highest BCUT2D eigenvalue weighted by molar-refractivity contribution is 5.15. The molecule has 5 heteroatoms. The molecule has 0 aliphatic carbocycles. The van der Waals surface area contributed by atoms with Crippen LogP contribution in [0.2, 0.25) is 0 Å². The Morgan fingerprint density at radius 1 is 1.16 bits per heavy atom. The first-order chi connectivity index (χ1) is 9.22. The van der Waals surface area contributed by atoms with Gasteiger partial charge in [0.1, 0.15) is 0 Å². The van der Waals surface area contributed by atoms with Crippen molar-refractivity contribution in [2.45, 2.75) is 53.4 Å². The van der Waals surface area contributed by atoms with Gasteiger partial charge in [-0.25, -0.2) is 0 Å². The van der Waals surface area contributed by atoms with Gasteiger partial charge in [-0.05, 0) is 26.3 Å². The van der Waals surface area contributed by atoms with E-state index < -0.39 is 0 Å². The lowest BCUT2D eigenvalue weighted by Crippen LogP contribution is -2.13. The first-order valence-corrected chi connectivity index (χ1v) is 6.99. The van der Waals surface area contributed by atoms with Crippen molar-refractivity contribution in [3.63, 3.8) is 0 Å². The summed E-state index contributed by atoms with van der Waals surface area (Å²) in [7, 11) is 0. The van der Waals surface area contributed by atoms with Crippen LogP contribution in [0.5, 0.6) is 0 Å². The fraction of sp³-hybridized carbons (Fsp3) is 0.571. The van der Waals surface area contributed by atoms with Crippen molar-refractivity contribution in [2.24, 2.45) is 0 Å². The fourth-order valence-electron chi connectivity index (χ4n) is 2.07. The summed E-state index contributed by atoms with van der Waals surface area (Å²) in [6.07, 6.45) is 5.27. The smallest absolute Gasteiger partial charge is 0.0762 e. The number of rotatable bonds is 7. The second kappa shape index (κ2) is 6.52. The van der Waals surface area contributed by atoms with E-state index in [1.165, 1.54) is 5.56 Å². The molecule has 0 fully saturated rings. The van der Waals surface area contributed by atoms with Gasteiger partial charge in [-0.1, -0.05) is 6.92 Å². The van der Waals surface area contributed by atoms with E-state index in [9.17, 15) is 0 Å². The lowest BCUT2D eigenvalue weighted by Gasteiger charge is -2.01. The van der Waals surface area contributed by atoms with Crippen molar-refractivity contribution in [1.82, 2.24) is 24.9 Å². The van der Waals surface area contributed by atoms with Crippen molar-refractivity contribution in [3.8, 4) is 0 Å². The Hall–Kier alpha value is -1.62. The van der Waals surface area contributed by atoms with Crippen molar-refractivity contribution in [1.29, 1.82) is 0 Å². The third-order valence-electron chi connectivity index (χ3n) is 3.14. The first kappa shape index (κ1) is 13.8. The van der Waals surface area contributed by atoms with Crippen LogP contribution in [0.25, 0.3) is 0 Å². The average Bonchev–Trinajstić information content (AvgIpc) is 2.98. The lowest BCUT2D eigenvalue weighted by molar-refractivity contribution is 0.582. The molecule has 2 aromatic rings. The van der Waals surface area contributed by atoms with Crippen LogP contribution in [0.15, 0.2) is 18.5 Å². The maximum absolute atomic E-state index is 4.51. The van der Waals surface area contributed by atoms with Gasteiger partial charge >= 0.3 is 0 Å². The summed E-state index contributed by atoms with van der Waals surface area (Å²) in [4.78, 5) is 0. The number of nitrogens with zero attached hydrogens (tertiary/aromatic N) is 4. The molecule has 0 unspecified atom stereocenters. The zero-order valence-electron chi connectivity index (χ0n) is 12.1. The largest absolute Gasteiger partial charge is 0.307 e. The third-order valence-corrected chi connectivity index (χ3v) is 3.14. The summed E-state index contributed by atoms with van der Waals surface area (Å²) in [6.45, 7) is 9.86. The molecule has 19 heavy (non-hydrogen) atoms. The van der Waals surface area contributed by atoms with Crippen LogP contribution < -0.4 is 5.32 Å². The summed E-state index contributed by atoms with van der Waals surface area (Å²) in [5.41, 5.74) is 3.45. The minimum absolute atomic E-state index is 0.799. The Morgan fingerprint density at radius 3 is 2.68 bits per heavy atom. The molecule has 5 nitrogen and oxygen atoms in total. The summed E-state index contributed by atoms with van der Waals surface area (Å²) >= 11 is 0. The van der Waals surface area contributed by atoms with Crippen LogP contribution in [0.3, 0.4) is 0 Å². The first-order valence-electron chi connectivity index (χ1n) is 6.99. The minimum Gasteiger partial charge on any atom is -0.307 e. The third kappa shape index (κ3) is 3.67. The zero-order valence-corrected chi connectivity index (χ0v) is 12.1. The Bertz CT molecular complexity index is 512. The predicted molar refractivity (Wildman–Crippen MR) is 75.7 cm³/mol. The van der Waals surface area contributed by atoms with Crippen LogP contribution in [0, 0.1) is 6.92 Å². The highest BCUT2D eigenvalue weighted by Gasteiger charge is 2.04. The molecule has 0 aromatic carbocycles. The van der Waals surface area contributed by atoms with Crippen molar-refractivity contribution in [2.75, 3.05) is 0 Å². The van der Waals surface area contributed by atoms with Gasteiger partial charge in [0.2, 0.25) is 0 Å². The summed E-state index contributed by atoms with van der Waals surface area (Å²) in [5.74, 6) is 0. The highest BCUT2D eigenvalue weighted by Crippen LogP contribution is 2.05. The molecule has 2 rings (SSSR count). The van der Waals surface area contributed by atoms with Crippen molar-refractivity contribution >= 4 is 0 Å². The summed E-state index contributed by atoms with van der Waals surface area (Å²) in [6, 6.07) is 2.07. The predicted octanol–water partition coefficient (Wildman–Crippen LogP) is 2.11. The van der Waals surface area contributed by atoms with Crippen LogP contribution in [0.1, 0.15) is 37.2 Å². The molecular weight excluding hydrogens is 238 g/mol. The molecule has 0 aliphatic heterocycles. The van der Waals surface area contributed by atoms with E-state index in [1.807, 2.05) is 15.6 Å². The molecule has 0 atom stereocenters. The van der Waals surface area contributed by atoms with Crippen molar-refractivity contribution in [3.05, 3.63) is 35.4 Å². The van der Waals surface area contributed by atoms with E-state index >= 15 is 0 Å². The second-order valence-corrected chi connectivity index (χ2v) is 4.77. The van der Waals surface area contributed by atoms with Gasteiger partial charge in [0.25, 0.3) is 0 Å². The van der Waals surface area contributed by atoms with E-state index in [4.69, 9.17) is 0 Å². The van der Waals surface area contributed by atoms with Gasteiger partial charge in [-0.2, -0.15) is 10.2 Å². The Morgan fingerprint density at radius 2 is 2.00 bits per heavy atom. The average molecular weight is 261 g/mol. The Kier molecular flexibility index (Phi) is 4.74. The van der Waals surface area contributed by atoms with E-state index in [-0.39, 0.29) is 0 Å². The molecule has 2 aromatic heterocycles. The zero-order chi connectivity index (χ0) is 13.7. The molecule has 1 N–H and O–H groups in total. The molecule has 2 heterocycles. The molecular formula is C14H23N5. The maximum atomic E-state index is 4.51. The van der Waals surface area contributed by atoms with E-state index in [2.05, 4.69) is 48.5 Å². The maximum Gasteiger partial charge on any atom is 0.0762 e. The van der Waals surface area contributed by atoms with Crippen LogP contribution >= 0.6 is 0 Å². The van der Waals surface area contributed by atoms with E-state index in [0.29, 0.717) is 0 Å². The topological polar surface area (TPSA) is 47.7 Å². The van der Waals surface area contributed by atoms with Gasteiger partial charge in [-0.3, -0.25) is 9.36 Å². The Labute approximate surface area is 114 Å². The molecule has 0 aliphatic rings. The van der Waals surface area contributed by atoms with Crippen LogP contribution in [-0.2, 0) is 26.2 Å². The highest BCUT2D eigenvalue weighted by atomic mass is 15.3. The molecule has 0 saturated heterocycles. The number of hydrogen-bond acceptors (Lipinski definition) is 3. The van der Waals surface area contributed by atoms with Crippen LogP contribution in [0.4, 0.5) is 0 Å². The summed E-state index contributed by atoms with van der Waals surface area (Å²) in [5, 5.41) is 12.4.